The Hall–Kier alpha value is -3.17. The van der Waals surface area contributed by atoms with Crippen LogP contribution in [0.4, 0.5) is 19.0 Å². The molecule has 4 aromatic rings. The summed E-state index contributed by atoms with van der Waals surface area (Å²) >= 11 is 6.67. The van der Waals surface area contributed by atoms with Gasteiger partial charge in [0.1, 0.15) is 29.1 Å². The zero-order valence-electron chi connectivity index (χ0n) is 21.7. The third-order valence-electron chi connectivity index (χ3n) is 7.87. The molecule has 10 heteroatoms. The maximum atomic E-state index is 14.7. The van der Waals surface area contributed by atoms with Crippen LogP contribution in [0.15, 0.2) is 48.9 Å². The Morgan fingerprint density at radius 2 is 1.90 bits per heavy atom. The van der Waals surface area contributed by atoms with Gasteiger partial charge in [0, 0.05) is 48.6 Å². The van der Waals surface area contributed by atoms with E-state index in [0.29, 0.717) is 33.5 Å². The van der Waals surface area contributed by atoms with Crippen LogP contribution in [0, 0.1) is 11.6 Å². The van der Waals surface area contributed by atoms with Gasteiger partial charge in [-0.3, -0.25) is 9.67 Å². The Morgan fingerprint density at radius 3 is 2.69 bits per heavy atom. The smallest absolute Gasteiger partial charge is 0.130 e. The van der Waals surface area contributed by atoms with Crippen LogP contribution in [0.25, 0.3) is 22.2 Å². The maximum absolute atomic E-state index is 14.7. The van der Waals surface area contributed by atoms with E-state index < -0.39 is 23.8 Å². The molecule has 39 heavy (non-hydrogen) atoms. The lowest BCUT2D eigenvalue weighted by Gasteiger charge is -2.31. The molecule has 0 radical (unpaired) electrons. The molecule has 2 saturated heterocycles. The van der Waals surface area contributed by atoms with E-state index in [4.69, 9.17) is 16.6 Å². The van der Waals surface area contributed by atoms with Crippen LogP contribution in [-0.4, -0.2) is 57.0 Å². The molecule has 2 aliphatic heterocycles. The monoisotopic (exact) mass is 554 g/mol. The van der Waals surface area contributed by atoms with E-state index >= 15 is 0 Å². The van der Waals surface area contributed by atoms with Gasteiger partial charge in [-0.25, -0.2) is 18.2 Å². The Morgan fingerprint density at radius 1 is 1.08 bits per heavy atom. The zero-order valence-corrected chi connectivity index (χ0v) is 22.5. The van der Waals surface area contributed by atoms with E-state index in [9.17, 15) is 13.2 Å². The third-order valence-corrected chi connectivity index (χ3v) is 8.16. The van der Waals surface area contributed by atoms with Gasteiger partial charge in [0.05, 0.1) is 35.4 Å². The molecule has 2 aliphatic rings. The molecule has 0 amide bonds. The molecule has 2 atom stereocenters. The molecular formula is C29H30ClF3N6. The van der Waals surface area contributed by atoms with Crippen molar-refractivity contribution in [3.8, 4) is 11.1 Å². The third kappa shape index (κ3) is 5.10. The summed E-state index contributed by atoms with van der Waals surface area (Å²) in [5.41, 5.74) is 2.82. The van der Waals surface area contributed by atoms with Gasteiger partial charge in [-0.1, -0.05) is 18.5 Å². The van der Waals surface area contributed by atoms with Crippen molar-refractivity contribution in [2.45, 2.75) is 50.9 Å². The fourth-order valence-electron chi connectivity index (χ4n) is 5.96. The summed E-state index contributed by atoms with van der Waals surface area (Å²) in [5.74, 6) is -0.677. The molecule has 204 valence electrons. The van der Waals surface area contributed by atoms with Gasteiger partial charge in [0.2, 0.25) is 0 Å². The van der Waals surface area contributed by atoms with Gasteiger partial charge in [-0.2, -0.15) is 5.10 Å². The Balaban J connectivity index is 1.35. The zero-order chi connectivity index (χ0) is 27.1. The van der Waals surface area contributed by atoms with Crippen LogP contribution in [0.1, 0.15) is 50.3 Å². The molecule has 6 rings (SSSR count). The van der Waals surface area contributed by atoms with Gasteiger partial charge in [-0.05, 0) is 56.1 Å². The van der Waals surface area contributed by atoms with Crippen LogP contribution in [0.5, 0.6) is 0 Å². The first-order valence-electron chi connectivity index (χ1n) is 13.5. The minimum atomic E-state index is -1.20. The second kappa shape index (κ2) is 10.8. The minimum Gasteiger partial charge on any atom is -0.346 e. The summed E-state index contributed by atoms with van der Waals surface area (Å²) in [5, 5.41) is 5.10. The van der Waals surface area contributed by atoms with Crippen molar-refractivity contribution in [3.05, 3.63) is 71.1 Å². The Labute approximate surface area is 230 Å². The van der Waals surface area contributed by atoms with Gasteiger partial charge >= 0.3 is 0 Å². The number of benzene rings is 1. The fraction of sp³-hybridized carbons (Fsp3) is 0.414. The number of halogens is 4. The number of piperidine rings is 1. The van der Waals surface area contributed by atoms with E-state index in [2.05, 4.69) is 21.9 Å². The van der Waals surface area contributed by atoms with Crippen molar-refractivity contribution in [1.82, 2.24) is 24.6 Å². The Bertz CT molecular complexity index is 1490. The quantitative estimate of drug-likeness (QED) is 0.263. The lowest BCUT2D eigenvalue weighted by molar-refractivity contribution is 0.180. The highest BCUT2D eigenvalue weighted by Crippen LogP contribution is 2.40. The van der Waals surface area contributed by atoms with Crippen LogP contribution in [-0.2, 0) is 0 Å². The molecule has 0 bridgehead atoms. The van der Waals surface area contributed by atoms with E-state index in [1.54, 1.807) is 29.4 Å². The molecule has 0 aliphatic carbocycles. The van der Waals surface area contributed by atoms with E-state index in [1.807, 2.05) is 10.9 Å². The largest absolute Gasteiger partial charge is 0.346 e. The average molecular weight is 555 g/mol. The summed E-state index contributed by atoms with van der Waals surface area (Å²) < 4.78 is 45.3. The number of likely N-dealkylation sites (tertiary alicyclic amines) is 1. The number of hydrogen-bond donors (Lipinski definition) is 0. The predicted molar refractivity (Wildman–Crippen MR) is 147 cm³/mol. The average Bonchev–Trinajstić information content (AvgIpc) is 3.57. The molecular weight excluding hydrogens is 525 g/mol. The van der Waals surface area contributed by atoms with Gasteiger partial charge < -0.3 is 9.80 Å². The summed E-state index contributed by atoms with van der Waals surface area (Å²) in [7, 11) is 0. The highest BCUT2D eigenvalue weighted by molar-refractivity contribution is 6.34. The fourth-order valence-corrected chi connectivity index (χ4v) is 6.21. The van der Waals surface area contributed by atoms with Crippen molar-refractivity contribution in [2.75, 3.05) is 31.1 Å². The molecule has 0 saturated carbocycles. The minimum absolute atomic E-state index is 0.0249. The van der Waals surface area contributed by atoms with Gasteiger partial charge in [-0.15, -0.1) is 0 Å². The van der Waals surface area contributed by atoms with Crippen molar-refractivity contribution >= 4 is 28.5 Å². The number of rotatable bonds is 6. The topological polar surface area (TPSA) is 50.1 Å². The SMILES string of the molecule is CCCN1CCC(n2cc(-c3c(Cl)cnc4ccc(N5C[C@@H](F)C[C@@H]5c5cc(F)ccc5F)nc34)cn2)CC1. The molecule has 3 aromatic heterocycles. The summed E-state index contributed by atoms with van der Waals surface area (Å²) in [6.07, 6.45) is 7.47. The number of fused-ring (bicyclic) bond motifs is 1. The second-order valence-corrected chi connectivity index (χ2v) is 10.9. The number of pyridine rings is 2. The van der Waals surface area contributed by atoms with Crippen LogP contribution in [0.2, 0.25) is 5.02 Å². The maximum Gasteiger partial charge on any atom is 0.130 e. The van der Waals surface area contributed by atoms with Gasteiger partial charge in [0.25, 0.3) is 0 Å². The number of hydrogen-bond acceptors (Lipinski definition) is 5. The van der Waals surface area contributed by atoms with E-state index in [0.717, 1.165) is 62.7 Å². The van der Waals surface area contributed by atoms with Crippen molar-refractivity contribution in [3.63, 3.8) is 0 Å². The molecule has 1 aromatic carbocycles. The van der Waals surface area contributed by atoms with Gasteiger partial charge in [0.15, 0.2) is 0 Å². The van der Waals surface area contributed by atoms with Crippen LogP contribution in [0.3, 0.4) is 0 Å². The second-order valence-electron chi connectivity index (χ2n) is 10.5. The van der Waals surface area contributed by atoms with Crippen molar-refractivity contribution < 1.29 is 13.2 Å². The lowest BCUT2D eigenvalue weighted by atomic mass is 10.0. The molecule has 0 spiro atoms. The molecule has 0 N–H and O–H groups in total. The molecule has 0 unspecified atom stereocenters. The van der Waals surface area contributed by atoms with E-state index in [1.165, 1.54) is 0 Å². The highest BCUT2D eigenvalue weighted by atomic mass is 35.5. The number of nitrogens with zero attached hydrogens (tertiary/aromatic N) is 6. The van der Waals surface area contributed by atoms with Crippen LogP contribution >= 0.6 is 11.6 Å². The van der Waals surface area contributed by atoms with Crippen LogP contribution < -0.4 is 4.90 Å². The molecule has 5 heterocycles. The van der Waals surface area contributed by atoms with Crippen molar-refractivity contribution in [1.29, 1.82) is 0 Å². The Kier molecular flexibility index (Phi) is 7.20. The first-order valence-corrected chi connectivity index (χ1v) is 13.9. The summed E-state index contributed by atoms with van der Waals surface area (Å²) in [6, 6.07) is 6.45. The first-order chi connectivity index (χ1) is 18.9. The van der Waals surface area contributed by atoms with E-state index in [-0.39, 0.29) is 18.5 Å². The summed E-state index contributed by atoms with van der Waals surface area (Å²) in [4.78, 5) is 13.5. The predicted octanol–water partition coefficient (Wildman–Crippen LogP) is 6.76. The number of alkyl halides is 1. The standard InChI is InChI=1S/C29H30ClF3N6/c1-2-9-37-10-7-21(8-11-37)39-16-18(14-35-39)28-23(30)15-34-25-5-6-27(36-29(25)28)38-17-20(32)13-26(38)22-12-19(31)3-4-24(22)33/h3-6,12,14-16,20-21,26H,2,7-11,13,17H2,1H3/t20-,26+/m0/s1. The highest BCUT2D eigenvalue weighted by Gasteiger charge is 2.36. The molecule has 6 nitrogen and oxygen atoms in total. The first kappa shape index (κ1) is 26.1. The number of aromatic nitrogens is 4. The summed E-state index contributed by atoms with van der Waals surface area (Å²) in [6.45, 7) is 5.45. The normalized spacial score (nSPS) is 20.8. The van der Waals surface area contributed by atoms with Crippen molar-refractivity contribution in [2.24, 2.45) is 0 Å². The number of anilines is 1. The molecule has 2 fully saturated rings. The lowest BCUT2D eigenvalue weighted by Crippen LogP contribution is -2.35.